The third kappa shape index (κ3) is 57.3. The van der Waals surface area contributed by atoms with E-state index in [9.17, 15) is 73.5 Å². The Balaban J connectivity index is 0.000000437. The van der Waals surface area contributed by atoms with Gasteiger partial charge in [0, 0.05) is 90.1 Å². The minimum atomic E-state index is -1.10. The number of nitrogens with one attached hydrogen (secondary N) is 10. The number of carboxylic acids is 1. The maximum Gasteiger partial charge on any atom is 0.408 e. The number of carbonyl (C=O) groups is 9. The van der Waals surface area contributed by atoms with Crippen molar-refractivity contribution in [1.82, 2.24) is 76.1 Å². The number of carbonyl (C=O) groups excluding carboxylic acids is 8. The van der Waals surface area contributed by atoms with Crippen molar-refractivity contribution < 1.29 is 82.0 Å². The number of amides is 8. The van der Waals surface area contributed by atoms with Gasteiger partial charge in [0.2, 0.25) is 58.3 Å². The summed E-state index contributed by atoms with van der Waals surface area (Å²) in [7, 11) is 0. The third-order valence-electron chi connectivity index (χ3n) is 22.1. The van der Waals surface area contributed by atoms with Crippen LogP contribution in [0.3, 0.4) is 0 Å². The molecular formula is C90H154Cl5N25O20. The molecule has 8 amide bonds. The molecule has 15 N–H and O–H groups in total. The average molecular weight is 2080 g/mol. The lowest BCUT2D eigenvalue weighted by atomic mass is 9.86. The minimum absolute atomic E-state index is 0.00490. The van der Waals surface area contributed by atoms with Crippen molar-refractivity contribution in [2.45, 2.75) is 297 Å². The lowest BCUT2D eigenvalue weighted by Crippen LogP contribution is -2.43. The summed E-state index contributed by atoms with van der Waals surface area (Å²) in [6.45, 7) is 32.0. The highest BCUT2D eigenvalue weighted by atomic mass is 35.5. The molecule has 0 atom stereocenters. The second-order valence-electron chi connectivity index (χ2n) is 38.4. The number of aromatic nitrogens is 6. The quantitative estimate of drug-likeness (QED) is 0.0123. The van der Waals surface area contributed by atoms with E-state index in [1.165, 1.54) is 51.4 Å². The Morgan fingerprint density at radius 3 is 0.971 bits per heavy atom. The van der Waals surface area contributed by atoms with E-state index in [4.69, 9.17) is 93.5 Å². The number of alkyl halides is 4. The van der Waals surface area contributed by atoms with E-state index in [0.717, 1.165) is 206 Å². The molecule has 50 heteroatoms. The van der Waals surface area contributed by atoms with Crippen molar-refractivity contribution in [1.29, 1.82) is 0 Å². The summed E-state index contributed by atoms with van der Waals surface area (Å²) in [4.78, 5) is 167. The van der Waals surface area contributed by atoms with Crippen LogP contribution in [-0.4, -0.2) is 292 Å². The molecule has 0 unspecified atom stereocenters. The van der Waals surface area contributed by atoms with Gasteiger partial charge >= 0.3 is 47.4 Å². The van der Waals surface area contributed by atoms with Gasteiger partial charge in [-0.2, -0.15) is 15.0 Å². The van der Waals surface area contributed by atoms with Crippen molar-refractivity contribution in [2.75, 3.05) is 155 Å². The molecule has 8 aliphatic rings. The topological polar surface area (TPSA) is 603 Å². The number of hydrogen-bond donors (Lipinski definition) is 13. The first-order chi connectivity index (χ1) is 66.1. The molecule has 3 aromatic heterocycles. The maximum atomic E-state index is 12.4. The van der Waals surface area contributed by atoms with Crippen molar-refractivity contribution in [3.63, 3.8) is 0 Å². The van der Waals surface area contributed by atoms with Gasteiger partial charge in [-0.25, -0.2) is 34.1 Å². The Morgan fingerprint density at radius 1 is 0.407 bits per heavy atom. The second kappa shape index (κ2) is 67.6. The fourth-order valence-corrected chi connectivity index (χ4v) is 15.4. The lowest BCUT2D eigenvalue weighted by molar-refractivity contribution is -0.384. The fourth-order valence-electron chi connectivity index (χ4n) is 15.2. The number of nitrogens with two attached hydrogens (primary N) is 2. The highest BCUT2D eigenvalue weighted by Crippen LogP contribution is 2.32. The number of aliphatic carboxylic acids is 1. The molecule has 3 aliphatic carbocycles. The van der Waals surface area contributed by atoms with Gasteiger partial charge in [0.1, 0.15) is 54.1 Å². The highest BCUT2D eigenvalue weighted by Gasteiger charge is 2.32. The number of piperidine rings is 5. The molecule has 0 bridgehead atoms. The molecule has 3 saturated carbocycles. The van der Waals surface area contributed by atoms with Crippen LogP contribution in [0.5, 0.6) is 0 Å². The monoisotopic (exact) mass is 2080 g/mol. The number of halogens is 5. The summed E-state index contributed by atoms with van der Waals surface area (Å²) in [5.41, 5.74) is 8.39. The van der Waals surface area contributed by atoms with E-state index in [0.29, 0.717) is 37.4 Å². The van der Waals surface area contributed by atoms with Crippen LogP contribution in [0.25, 0.3) is 0 Å². The number of anilines is 5. The Kier molecular flexibility index (Phi) is 60.1. The number of ether oxygens (including phenoxy) is 4. The zero-order valence-corrected chi connectivity index (χ0v) is 87.3. The van der Waals surface area contributed by atoms with Crippen molar-refractivity contribution in [3.05, 3.63) is 54.2 Å². The van der Waals surface area contributed by atoms with Crippen LogP contribution in [0.1, 0.15) is 256 Å². The Bertz CT molecular complexity index is 4190. The second-order valence-corrected chi connectivity index (χ2v) is 40.4. The molecule has 3 aromatic rings. The number of rotatable bonds is 25. The van der Waals surface area contributed by atoms with Gasteiger partial charge < -0.3 is 108 Å². The summed E-state index contributed by atoms with van der Waals surface area (Å²) >= 11 is 24.8. The number of hydrogen-bond acceptors (Lipinski definition) is 33. The van der Waals surface area contributed by atoms with Gasteiger partial charge in [0.05, 0.1) is 45.1 Å². The first-order valence-electron chi connectivity index (χ1n) is 48.2. The Labute approximate surface area is 847 Å². The van der Waals surface area contributed by atoms with Gasteiger partial charge in [-0.05, 0) is 292 Å². The number of carboxylic acid groups (broad SMARTS) is 1. The molecule has 8 fully saturated rings. The summed E-state index contributed by atoms with van der Waals surface area (Å²) in [6, 6.07) is 0.407. The van der Waals surface area contributed by atoms with Crippen LogP contribution in [0.2, 0.25) is 5.28 Å². The van der Waals surface area contributed by atoms with Gasteiger partial charge in [-0.15, -0.1) is 46.4 Å². The number of nitro groups is 3. The fraction of sp³-hybridized carbons (Fsp3) is 0.767. The van der Waals surface area contributed by atoms with E-state index in [1.54, 1.807) is 46.4 Å². The first kappa shape index (κ1) is 124. The molecule has 140 heavy (non-hydrogen) atoms. The largest absolute Gasteiger partial charge is 0.480 e. The predicted octanol–water partition coefficient (Wildman–Crippen LogP) is 14.3. The zero-order valence-electron chi connectivity index (χ0n) is 83.5. The number of alkyl carbamates (subject to hydrolysis) is 4. The highest BCUT2D eigenvalue weighted by molar-refractivity contribution is 6.41. The van der Waals surface area contributed by atoms with Crippen molar-refractivity contribution >= 4 is 158 Å². The molecule has 794 valence electrons. The van der Waals surface area contributed by atoms with Crippen LogP contribution in [0.4, 0.5) is 65.6 Å². The maximum absolute atomic E-state index is 12.4. The predicted molar refractivity (Wildman–Crippen MR) is 540 cm³/mol. The van der Waals surface area contributed by atoms with Crippen molar-refractivity contribution in [3.8, 4) is 0 Å². The standard InChI is InChI=1S/C23H37N7O5.C18H29N7O3.C16H24ClN5O4.C12H22N2O3.C7H14N2O.C7H13NO4.C5H11N.2CH2Cl2/c1-23(2,3)35-22(32)27-17-9-7-16(8-10-17)13-24-20-18(30(33)34)14-25-21(28-20)26-15-19(31)29-11-5-4-6-12-29;19-14-6-4-13(5-7-14)10-20-17-15(25(27)28)11-21-18(23-17)22-12-16(26)24-8-2-1-3-9-24;1-16(2,3)26-15(23)20-11-6-4-10(5-7-11)8-18-13-12(22(24)25)9-19-14(17)21-13;1-12(2,3)17-11(16)13-9-10(15)14-7-5-4-6-8-14;8-6-7(10)9-4-2-1-3-5-9;1-7(2,3)12-6(11)8-4-5(9)10;1-2-4-6-5-3-1;2*2-1-3/h14,16-17H,4-13,15H2,1-3H3,(H,27,32)(H2,24,25,26,28);11,13-14H,1-10,12,19H2,(H2,20,21,22,23);9-11H,4-8H2,1-3H3,(H,20,23)(H,18,19,21);4-9H2,1-3H3,(H,13,16);1-6,8H2;4H2,1-3H3,(H,8,11)(H,9,10);6H,1-5H2;2*1H2. The molecule has 45 nitrogen and oxygen atoms in total. The van der Waals surface area contributed by atoms with Gasteiger partial charge in [0.25, 0.3) is 0 Å². The van der Waals surface area contributed by atoms with E-state index >= 15 is 0 Å². The van der Waals surface area contributed by atoms with E-state index in [1.807, 2.05) is 56.2 Å². The molecular weight excluding hydrogens is 1930 g/mol. The number of nitrogens with zero attached hydrogens (tertiary/aromatic N) is 13. The minimum Gasteiger partial charge on any atom is -0.480 e. The molecule has 5 aliphatic heterocycles. The van der Waals surface area contributed by atoms with E-state index in [2.05, 4.69) is 83.1 Å². The van der Waals surface area contributed by atoms with Gasteiger partial charge in [-0.1, -0.05) is 6.42 Å². The smallest absolute Gasteiger partial charge is 0.408 e. The third-order valence-corrected chi connectivity index (χ3v) is 22.3. The zero-order chi connectivity index (χ0) is 104. The van der Waals surface area contributed by atoms with Crippen LogP contribution in [-0.2, 0) is 42.9 Å². The molecule has 0 aromatic carbocycles. The van der Waals surface area contributed by atoms with Crippen molar-refractivity contribution in [2.24, 2.45) is 29.2 Å². The number of likely N-dealkylation sites (tertiary alicyclic amines) is 4. The normalized spacial score (nSPS) is 19.0. The van der Waals surface area contributed by atoms with Gasteiger partial charge in [-0.3, -0.25) is 54.3 Å². The Morgan fingerprint density at radius 2 is 0.686 bits per heavy atom. The molecule has 11 rings (SSSR count). The van der Waals surface area contributed by atoms with E-state index in [-0.39, 0.29) is 130 Å². The van der Waals surface area contributed by atoms with Crippen LogP contribution < -0.4 is 64.6 Å². The lowest BCUT2D eigenvalue weighted by Gasteiger charge is -2.30. The van der Waals surface area contributed by atoms with Crippen LogP contribution in [0.15, 0.2) is 18.6 Å². The average Bonchev–Trinajstić information content (AvgIpc) is 0.627. The SMILES string of the molecule is C1CCNCC1.CC(C)(C)OC(=O)NC1CCC(CNc2nc(Cl)ncc2[N+](=O)[O-])CC1.CC(C)(C)OC(=O)NC1CCC(CNc2nc(NCC(=O)N3CCCCC3)ncc2[N+](=O)[O-])CC1.CC(C)(C)OC(=O)NCC(=O)N1CCCCC1.CC(C)(C)OC(=O)NCC(=O)O.ClCCl.ClCCl.NC1CCC(CNc2nc(NCC(=O)N3CCCCC3)ncc2[N+](=O)[O-])CC1.NCC(=O)N1CCCCC1. The van der Waals surface area contributed by atoms with E-state index < -0.39 is 74.1 Å². The molecule has 8 heterocycles. The summed E-state index contributed by atoms with van der Waals surface area (Å²) < 4.78 is 20.4. The summed E-state index contributed by atoms with van der Waals surface area (Å²) in [5.74, 6) is 0.810. The van der Waals surface area contributed by atoms with Crippen LogP contribution >= 0.6 is 58.0 Å². The summed E-state index contributed by atoms with van der Waals surface area (Å²) in [6.07, 6.45) is 29.5. The summed E-state index contributed by atoms with van der Waals surface area (Å²) in [5, 5.41) is 71.0. The van der Waals surface area contributed by atoms with Crippen LogP contribution in [0, 0.1) is 48.1 Å². The van der Waals surface area contributed by atoms with Gasteiger partial charge in [0.15, 0.2) is 0 Å². The molecule has 0 radical (unpaired) electrons. The first-order valence-corrected chi connectivity index (χ1v) is 50.7. The molecule has 0 spiro atoms. The Hall–Kier alpha value is -9.80. The molecule has 5 saturated heterocycles.